The number of carbonyl (C=O) groups is 2. The lowest BCUT2D eigenvalue weighted by Crippen LogP contribution is -2.35. The molecule has 20 heavy (non-hydrogen) atoms. The number of nitrogens with one attached hydrogen (secondary N) is 1. The van der Waals surface area contributed by atoms with Crippen molar-refractivity contribution in [1.82, 2.24) is 5.32 Å². The number of alkyl halides is 4. The van der Waals surface area contributed by atoms with Gasteiger partial charge in [0.1, 0.15) is 5.38 Å². The fraction of sp³-hybridized carbons (Fsp3) is 0.333. The average Bonchev–Trinajstić information content (AvgIpc) is 2.42. The highest BCUT2D eigenvalue weighted by Gasteiger charge is 2.34. The van der Waals surface area contributed by atoms with Crippen molar-refractivity contribution in [3.8, 4) is 0 Å². The lowest BCUT2D eigenvalue weighted by atomic mass is 10.1. The second-order valence-electron chi connectivity index (χ2n) is 3.74. The van der Waals surface area contributed by atoms with Crippen LogP contribution in [0.25, 0.3) is 0 Å². The summed E-state index contributed by atoms with van der Waals surface area (Å²) in [7, 11) is 1.11. The van der Waals surface area contributed by atoms with E-state index in [2.05, 4.69) is 10.1 Å². The highest BCUT2D eigenvalue weighted by atomic mass is 35.5. The summed E-state index contributed by atoms with van der Waals surface area (Å²) in [5.74, 6) is -1.75. The lowest BCUT2D eigenvalue weighted by Gasteiger charge is -2.13. The molecule has 0 bridgehead atoms. The predicted octanol–water partition coefficient (Wildman–Crippen LogP) is 2.22. The summed E-state index contributed by atoms with van der Waals surface area (Å²) >= 11 is 5.58. The standard InChI is InChI=1S/C12H11ClF3NO3/c1-20-11(19)9(13)6-17-10(18)7-4-2-3-5-8(7)12(14,15)16/h2-5,9H,6H2,1H3,(H,17,18). The molecule has 1 aromatic carbocycles. The van der Waals surface area contributed by atoms with Crippen molar-refractivity contribution in [3.05, 3.63) is 35.4 Å². The van der Waals surface area contributed by atoms with Crippen molar-refractivity contribution in [2.45, 2.75) is 11.6 Å². The molecule has 1 aromatic rings. The lowest BCUT2D eigenvalue weighted by molar-refractivity contribution is -0.140. The van der Waals surface area contributed by atoms with Crippen molar-refractivity contribution in [1.29, 1.82) is 0 Å². The summed E-state index contributed by atoms with van der Waals surface area (Å²) in [5, 5.41) is 0.990. The van der Waals surface area contributed by atoms with Crippen LogP contribution in [0.4, 0.5) is 13.2 Å². The Hall–Kier alpha value is -1.76. The summed E-state index contributed by atoms with van der Waals surface area (Å²) in [6.45, 7) is -0.334. The van der Waals surface area contributed by atoms with E-state index in [1.54, 1.807) is 0 Å². The number of hydrogen-bond acceptors (Lipinski definition) is 3. The zero-order valence-corrected chi connectivity index (χ0v) is 11.1. The summed E-state index contributed by atoms with van der Waals surface area (Å²) in [6, 6.07) is 4.33. The van der Waals surface area contributed by atoms with E-state index in [1.807, 2.05) is 0 Å². The van der Waals surface area contributed by atoms with E-state index in [4.69, 9.17) is 11.6 Å². The Labute approximate surface area is 117 Å². The van der Waals surface area contributed by atoms with Gasteiger partial charge < -0.3 is 10.1 Å². The van der Waals surface area contributed by atoms with Gasteiger partial charge in [0.05, 0.1) is 18.2 Å². The van der Waals surface area contributed by atoms with Crippen LogP contribution in [0, 0.1) is 0 Å². The third kappa shape index (κ3) is 4.12. The fourth-order valence-electron chi connectivity index (χ4n) is 1.42. The van der Waals surface area contributed by atoms with Gasteiger partial charge in [-0.05, 0) is 12.1 Å². The van der Waals surface area contributed by atoms with Gasteiger partial charge in [0.15, 0.2) is 0 Å². The van der Waals surface area contributed by atoms with E-state index in [-0.39, 0.29) is 6.54 Å². The van der Waals surface area contributed by atoms with E-state index in [1.165, 1.54) is 12.1 Å². The molecule has 0 aliphatic heterocycles. The highest BCUT2D eigenvalue weighted by molar-refractivity contribution is 6.30. The van der Waals surface area contributed by atoms with Gasteiger partial charge in [-0.3, -0.25) is 9.59 Å². The summed E-state index contributed by atoms with van der Waals surface area (Å²) in [6.07, 6.45) is -4.64. The molecule has 1 amide bonds. The SMILES string of the molecule is COC(=O)C(Cl)CNC(=O)c1ccccc1C(F)(F)F. The minimum atomic E-state index is -4.64. The van der Waals surface area contributed by atoms with Crippen LogP contribution in [-0.2, 0) is 15.7 Å². The molecule has 0 aromatic heterocycles. The smallest absolute Gasteiger partial charge is 0.417 e. The van der Waals surface area contributed by atoms with E-state index >= 15 is 0 Å². The van der Waals surface area contributed by atoms with Gasteiger partial charge >= 0.3 is 12.1 Å². The number of amides is 1. The number of benzene rings is 1. The maximum Gasteiger partial charge on any atom is 0.417 e. The van der Waals surface area contributed by atoms with Crippen LogP contribution < -0.4 is 5.32 Å². The molecule has 0 radical (unpaired) electrons. The molecule has 1 unspecified atom stereocenters. The third-order valence-electron chi connectivity index (χ3n) is 2.38. The monoisotopic (exact) mass is 309 g/mol. The zero-order valence-electron chi connectivity index (χ0n) is 10.3. The first kappa shape index (κ1) is 16.3. The highest BCUT2D eigenvalue weighted by Crippen LogP contribution is 2.31. The van der Waals surface area contributed by atoms with E-state index in [9.17, 15) is 22.8 Å². The molecular formula is C12H11ClF3NO3. The Bertz CT molecular complexity index is 505. The van der Waals surface area contributed by atoms with Gasteiger partial charge in [-0.2, -0.15) is 13.2 Å². The van der Waals surface area contributed by atoms with Gasteiger partial charge in [0.2, 0.25) is 0 Å². The molecule has 0 aliphatic carbocycles. The maximum absolute atomic E-state index is 12.7. The number of halogens is 4. The molecule has 0 saturated carbocycles. The van der Waals surface area contributed by atoms with Crippen molar-refractivity contribution >= 4 is 23.5 Å². The van der Waals surface area contributed by atoms with Crippen LogP contribution in [-0.4, -0.2) is 30.9 Å². The molecule has 0 aliphatic rings. The molecule has 8 heteroatoms. The van der Waals surface area contributed by atoms with Crippen LogP contribution in [0.1, 0.15) is 15.9 Å². The van der Waals surface area contributed by atoms with E-state index in [0.29, 0.717) is 0 Å². The quantitative estimate of drug-likeness (QED) is 0.685. The van der Waals surface area contributed by atoms with Crippen molar-refractivity contribution in [3.63, 3.8) is 0 Å². The summed E-state index contributed by atoms with van der Waals surface area (Å²) in [4.78, 5) is 22.7. The Balaban J connectivity index is 2.81. The van der Waals surface area contributed by atoms with Crippen LogP contribution >= 0.6 is 11.6 Å². The first-order valence-electron chi connectivity index (χ1n) is 5.43. The first-order valence-corrected chi connectivity index (χ1v) is 5.87. The molecular weight excluding hydrogens is 299 g/mol. The normalized spacial score (nSPS) is 12.7. The summed E-state index contributed by atoms with van der Waals surface area (Å²) < 4.78 is 42.5. The number of ether oxygens (including phenoxy) is 1. The molecule has 1 atom stereocenters. The Morgan fingerprint density at radius 1 is 1.35 bits per heavy atom. The second-order valence-corrected chi connectivity index (χ2v) is 4.27. The molecule has 110 valence electrons. The van der Waals surface area contributed by atoms with E-state index in [0.717, 1.165) is 19.2 Å². The van der Waals surface area contributed by atoms with Gasteiger partial charge in [-0.15, -0.1) is 11.6 Å². The maximum atomic E-state index is 12.7. The van der Waals surface area contributed by atoms with Crippen LogP contribution in [0.5, 0.6) is 0 Å². The minimum absolute atomic E-state index is 0.334. The van der Waals surface area contributed by atoms with Gasteiger partial charge in [-0.25, -0.2) is 0 Å². The molecule has 1 N–H and O–H groups in total. The average molecular weight is 310 g/mol. The molecule has 0 heterocycles. The second kappa shape index (κ2) is 6.60. The topological polar surface area (TPSA) is 55.4 Å². The van der Waals surface area contributed by atoms with Crippen molar-refractivity contribution < 1.29 is 27.5 Å². The fourth-order valence-corrected chi connectivity index (χ4v) is 1.58. The van der Waals surface area contributed by atoms with Crippen LogP contribution in [0.2, 0.25) is 0 Å². The zero-order chi connectivity index (χ0) is 15.3. The van der Waals surface area contributed by atoms with Crippen LogP contribution in [0.3, 0.4) is 0 Å². The van der Waals surface area contributed by atoms with Gasteiger partial charge in [-0.1, -0.05) is 12.1 Å². The molecule has 0 spiro atoms. The number of methoxy groups -OCH3 is 1. The van der Waals surface area contributed by atoms with Gasteiger partial charge in [0, 0.05) is 6.54 Å². The summed E-state index contributed by atoms with van der Waals surface area (Å²) in [5.41, 5.74) is -1.59. The largest absolute Gasteiger partial charge is 0.468 e. The molecule has 0 fully saturated rings. The number of esters is 1. The van der Waals surface area contributed by atoms with E-state index < -0.39 is 34.6 Å². The Morgan fingerprint density at radius 2 is 1.95 bits per heavy atom. The number of carbonyl (C=O) groups excluding carboxylic acids is 2. The molecule has 4 nitrogen and oxygen atoms in total. The minimum Gasteiger partial charge on any atom is -0.468 e. The van der Waals surface area contributed by atoms with Gasteiger partial charge in [0.25, 0.3) is 5.91 Å². The van der Waals surface area contributed by atoms with Crippen molar-refractivity contribution in [2.24, 2.45) is 0 Å². The predicted molar refractivity (Wildman–Crippen MR) is 65.4 cm³/mol. The number of rotatable bonds is 4. The Morgan fingerprint density at radius 3 is 2.50 bits per heavy atom. The van der Waals surface area contributed by atoms with Crippen LogP contribution in [0.15, 0.2) is 24.3 Å². The first-order chi connectivity index (χ1) is 9.27. The molecule has 0 saturated heterocycles. The molecule has 1 rings (SSSR count). The van der Waals surface area contributed by atoms with Crippen molar-refractivity contribution in [2.75, 3.05) is 13.7 Å². The third-order valence-corrected chi connectivity index (χ3v) is 2.71. The Kier molecular flexibility index (Phi) is 5.38. The number of hydrogen-bond donors (Lipinski definition) is 1.